The Kier molecular flexibility index (Phi) is 4.10. The van der Waals surface area contributed by atoms with Crippen molar-refractivity contribution in [3.63, 3.8) is 0 Å². The number of nitrogen functional groups attached to an aromatic ring is 1. The van der Waals surface area contributed by atoms with Crippen molar-refractivity contribution in [3.8, 4) is 0 Å². The third-order valence-electron chi connectivity index (χ3n) is 2.71. The van der Waals surface area contributed by atoms with Gasteiger partial charge in [-0.05, 0) is 52.3 Å². The van der Waals surface area contributed by atoms with Crippen LogP contribution in [0.1, 0.15) is 5.56 Å². The SMILES string of the molecule is Nc1ccc(S(=O)(=O)Cc2c(F)ccc(Br)c2F)cc1. The van der Waals surface area contributed by atoms with Gasteiger partial charge in [-0.25, -0.2) is 17.2 Å². The number of hydrogen-bond acceptors (Lipinski definition) is 3. The zero-order valence-corrected chi connectivity index (χ0v) is 12.5. The second-order valence-corrected chi connectivity index (χ2v) is 6.99. The maximum atomic E-state index is 13.8. The molecule has 2 aromatic carbocycles. The summed E-state index contributed by atoms with van der Waals surface area (Å²) in [5.41, 5.74) is 5.39. The van der Waals surface area contributed by atoms with Gasteiger partial charge in [0.2, 0.25) is 0 Å². The number of hydrogen-bond donors (Lipinski definition) is 1. The average Bonchev–Trinajstić information content (AvgIpc) is 2.40. The second-order valence-electron chi connectivity index (χ2n) is 4.15. The molecule has 0 spiro atoms. The van der Waals surface area contributed by atoms with Gasteiger partial charge in [0.05, 0.1) is 15.1 Å². The Morgan fingerprint density at radius 2 is 1.65 bits per heavy atom. The van der Waals surface area contributed by atoms with Gasteiger partial charge in [0.15, 0.2) is 9.84 Å². The van der Waals surface area contributed by atoms with Gasteiger partial charge in [0.1, 0.15) is 11.6 Å². The van der Waals surface area contributed by atoms with Crippen LogP contribution in [0.4, 0.5) is 14.5 Å². The quantitative estimate of drug-likeness (QED) is 0.673. The van der Waals surface area contributed by atoms with E-state index in [-0.39, 0.29) is 9.37 Å². The Morgan fingerprint density at radius 1 is 1.05 bits per heavy atom. The van der Waals surface area contributed by atoms with Crippen LogP contribution in [-0.4, -0.2) is 8.42 Å². The van der Waals surface area contributed by atoms with Gasteiger partial charge in [-0.1, -0.05) is 0 Å². The van der Waals surface area contributed by atoms with Crippen LogP contribution >= 0.6 is 15.9 Å². The molecule has 2 N–H and O–H groups in total. The van der Waals surface area contributed by atoms with Crippen molar-refractivity contribution in [3.05, 3.63) is 58.1 Å². The summed E-state index contributed by atoms with van der Waals surface area (Å²) in [7, 11) is -3.85. The highest BCUT2D eigenvalue weighted by molar-refractivity contribution is 9.10. The summed E-state index contributed by atoms with van der Waals surface area (Å²) in [5.74, 6) is -2.57. The largest absolute Gasteiger partial charge is 0.399 e. The van der Waals surface area contributed by atoms with E-state index in [9.17, 15) is 17.2 Å². The Bertz CT molecular complexity index is 746. The Labute approximate surface area is 123 Å². The number of sulfone groups is 1. The molecule has 0 aliphatic rings. The normalized spacial score (nSPS) is 11.6. The summed E-state index contributed by atoms with van der Waals surface area (Å²) in [6.07, 6.45) is 0. The highest BCUT2D eigenvalue weighted by Crippen LogP contribution is 2.25. The van der Waals surface area contributed by atoms with Gasteiger partial charge < -0.3 is 5.73 Å². The van der Waals surface area contributed by atoms with Crippen LogP contribution in [0.3, 0.4) is 0 Å². The van der Waals surface area contributed by atoms with Crippen LogP contribution in [0.25, 0.3) is 0 Å². The summed E-state index contributed by atoms with van der Waals surface area (Å²) < 4.78 is 51.7. The third-order valence-corrected chi connectivity index (χ3v) is 4.98. The van der Waals surface area contributed by atoms with E-state index < -0.39 is 32.8 Å². The summed E-state index contributed by atoms with van der Waals surface area (Å²) in [6, 6.07) is 7.64. The predicted molar refractivity (Wildman–Crippen MR) is 75.8 cm³/mol. The number of halogens is 3. The van der Waals surface area contributed by atoms with E-state index in [1.54, 1.807) is 0 Å². The van der Waals surface area contributed by atoms with Crippen LogP contribution in [0.5, 0.6) is 0 Å². The van der Waals surface area contributed by atoms with Gasteiger partial charge >= 0.3 is 0 Å². The maximum absolute atomic E-state index is 13.8. The smallest absolute Gasteiger partial charge is 0.182 e. The van der Waals surface area contributed by atoms with Crippen LogP contribution in [0.2, 0.25) is 0 Å². The van der Waals surface area contributed by atoms with Crippen molar-refractivity contribution in [2.45, 2.75) is 10.6 Å². The van der Waals surface area contributed by atoms with Crippen molar-refractivity contribution >= 4 is 31.5 Å². The summed E-state index contributed by atoms with van der Waals surface area (Å²) in [5, 5.41) is 0. The van der Waals surface area contributed by atoms with Gasteiger partial charge in [-0.15, -0.1) is 0 Å². The van der Waals surface area contributed by atoms with E-state index in [1.807, 2.05) is 0 Å². The number of nitrogens with two attached hydrogens (primary N) is 1. The van der Waals surface area contributed by atoms with Crippen LogP contribution in [0.15, 0.2) is 45.8 Å². The molecule has 0 atom stereocenters. The van der Waals surface area contributed by atoms with E-state index in [4.69, 9.17) is 5.73 Å². The molecule has 0 amide bonds. The standard InChI is InChI=1S/C13H10BrF2NO2S/c14-11-5-6-12(15)10(13(11)16)7-20(18,19)9-3-1-8(17)2-4-9/h1-6H,7,17H2. The molecule has 0 saturated heterocycles. The van der Waals surface area contributed by atoms with Crippen LogP contribution < -0.4 is 5.73 Å². The molecule has 0 aliphatic heterocycles. The molecule has 0 heterocycles. The van der Waals surface area contributed by atoms with E-state index in [1.165, 1.54) is 30.3 Å². The Balaban J connectivity index is 2.43. The molecule has 3 nitrogen and oxygen atoms in total. The average molecular weight is 362 g/mol. The van der Waals surface area contributed by atoms with E-state index in [0.29, 0.717) is 5.69 Å². The molecular formula is C13H10BrF2NO2S. The van der Waals surface area contributed by atoms with Crippen molar-refractivity contribution in [1.29, 1.82) is 0 Å². The van der Waals surface area contributed by atoms with Gasteiger partial charge in [-0.2, -0.15) is 0 Å². The van der Waals surface area contributed by atoms with Crippen molar-refractivity contribution in [2.24, 2.45) is 0 Å². The van der Waals surface area contributed by atoms with E-state index >= 15 is 0 Å². The fourth-order valence-corrected chi connectivity index (χ4v) is 3.38. The molecule has 20 heavy (non-hydrogen) atoms. The molecule has 0 fully saturated rings. The second kappa shape index (κ2) is 5.49. The monoisotopic (exact) mass is 361 g/mol. The lowest BCUT2D eigenvalue weighted by atomic mass is 10.2. The van der Waals surface area contributed by atoms with Gasteiger partial charge in [-0.3, -0.25) is 0 Å². The Hall–Kier alpha value is -1.47. The summed E-state index contributed by atoms with van der Waals surface area (Å²) in [4.78, 5) is -0.0366. The third kappa shape index (κ3) is 2.99. The van der Waals surface area contributed by atoms with Crippen molar-refractivity contribution < 1.29 is 17.2 Å². The topological polar surface area (TPSA) is 60.2 Å². The summed E-state index contributed by atoms with van der Waals surface area (Å²) in [6.45, 7) is 0. The van der Waals surface area contributed by atoms with Gasteiger partial charge in [0, 0.05) is 11.3 Å². The summed E-state index contributed by atoms with van der Waals surface area (Å²) >= 11 is 2.90. The number of rotatable bonds is 3. The first-order valence-electron chi connectivity index (χ1n) is 5.52. The fourth-order valence-electron chi connectivity index (χ4n) is 1.65. The molecule has 0 unspecified atom stereocenters. The zero-order chi connectivity index (χ0) is 14.9. The lowest BCUT2D eigenvalue weighted by Crippen LogP contribution is -2.09. The molecular weight excluding hydrogens is 352 g/mol. The van der Waals surface area contributed by atoms with E-state index in [0.717, 1.165) is 6.07 Å². The minimum Gasteiger partial charge on any atom is -0.399 e. The first kappa shape index (κ1) is 14.9. The molecule has 2 rings (SSSR count). The Morgan fingerprint density at radius 3 is 2.25 bits per heavy atom. The lowest BCUT2D eigenvalue weighted by Gasteiger charge is -2.08. The van der Waals surface area contributed by atoms with Crippen LogP contribution in [-0.2, 0) is 15.6 Å². The van der Waals surface area contributed by atoms with Gasteiger partial charge in [0.25, 0.3) is 0 Å². The fraction of sp³-hybridized carbons (Fsp3) is 0.0769. The molecule has 0 aliphatic carbocycles. The van der Waals surface area contributed by atoms with E-state index in [2.05, 4.69) is 15.9 Å². The minimum absolute atomic E-state index is 0.0152. The molecule has 0 bridgehead atoms. The molecule has 0 radical (unpaired) electrons. The van der Waals surface area contributed by atoms with Crippen molar-refractivity contribution in [1.82, 2.24) is 0 Å². The number of benzene rings is 2. The molecule has 0 aromatic heterocycles. The highest BCUT2D eigenvalue weighted by atomic mass is 79.9. The van der Waals surface area contributed by atoms with Crippen LogP contribution in [0, 0.1) is 11.6 Å². The predicted octanol–water partition coefficient (Wildman–Crippen LogP) is 3.28. The lowest BCUT2D eigenvalue weighted by molar-refractivity contribution is 0.552. The molecule has 7 heteroatoms. The molecule has 106 valence electrons. The zero-order valence-electron chi connectivity index (χ0n) is 10.1. The first-order valence-corrected chi connectivity index (χ1v) is 7.96. The molecule has 2 aromatic rings. The molecule has 0 saturated carbocycles. The first-order chi connectivity index (χ1) is 9.31. The highest BCUT2D eigenvalue weighted by Gasteiger charge is 2.21. The number of anilines is 1. The van der Waals surface area contributed by atoms with Crippen molar-refractivity contribution in [2.75, 3.05) is 5.73 Å². The minimum atomic E-state index is -3.85. The maximum Gasteiger partial charge on any atom is 0.182 e.